The Bertz CT molecular complexity index is 694. The highest BCUT2D eigenvalue weighted by Crippen LogP contribution is 2.30. The summed E-state index contributed by atoms with van der Waals surface area (Å²) in [5.41, 5.74) is 4.46. The van der Waals surface area contributed by atoms with Crippen molar-refractivity contribution in [2.75, 3.05) is 33.2 Å². The van der Waals surface area contributed by atoms with E-state index in [4.69, 9.17) is 0 Å². The van der Waals surface area contributed by atoms with Gasteiger partial charge in [0.25, 0.3) is 0 Å². The lowest BCUT2D eigenvalue weighted by Gasteiger charge is -2.32. The molecule has 2 heteroatoms. The third kappa shape index (κ3) is 7.28. The lowest BCUT2D eigenvalue weighted by atomic mass is 9.86. The first-order valence-electron chi connectivity index (χ1n) is 11.7. The number of hydrogen-bond acceptors (Lipinski definition) is 2. The molecule has 0 amide bonds. The molecule has 1 aliphatic heterocycles. The van der Waals surface area contributed by atoms with Crippen LogP contribution in [0.1, 0.15) is 62.1 Å². The summed E-state index contributed by atoms with van der Waals surface area (Å²) in [5.74, 6) is 1.47. The van der Waals surface area contributed by atoms with Gasteiger partial charge in [0.1, 0.15) is 0 Å². The molecule has 0 aliphatic carbocycles. The molecule has 0 bridgehead atoms. The van der Waals surface area contributed by atoms with Crippen LogP contribution in [0.15, 0.2) is 54.6 Å². The Morgan fingerprint density at radius 2 is 1.66 bits per heavy atom. The molecule has 2 nitrogen and oxygen atoms in total. The predicted octanol–water partition coefficient (Wildman–Crippen LogP) is 5.98. The number of hydrogen-bond donors (Lipinski definition) is 0. The van der Waals surface area contributed by atoms with Crippen molar-refractivity contribution in [1.82, 2.24) is 9.80 Å². The van der Waals surface area contributed by atoms with E-state index in [2.05, 4.69) is 85.3 Å². The maximum absolute atomic E-state index is 2.67. The zero-order chi connectivity index (χ0) is 20.5. The van der Waals surface area contributed by atoms with Gasteiger partial charge < -0.3 is 4.90 Å². The second kappa shape index (κ2) is 11.5. The van der Waals surface area contributed by atoms with Crippen molar-refractivity contribution in [2.24, 2.45) is 5.92 Å². The predicted molar refractivity (Wildman–Crippen MR) is 125 cm³/mol. The molecule has 1 heterocycles. The highest BCUT2D eigenvalue weighted by atomic mass is 15.1. The quantitative estimate of drug-likeness (QED) is 0.545. The second-order valence-electron chi connectivity index (χ2n) is 9.18. The van der Waals surface area contributed by atoms with Gasteiger partial charge in [-0.05, 0) is 80.8 Å². The zero-order valence-corrected chi connectivity index (χ0v) is 18.8. The van der Waals surface area contributed by atoms with Crippen LogP contribution in [0, 0.1) is 5.92 Å². The van der Waals surface area contributed by atoms with Gasteiger partial charge in [-0.1, -0.05) is 68.4 Å². The number of rotatable bonds is 8. The summed E-state index contributed by atoms with van der Waals surface area (Å²) < 4.78 is 0. The van der Waals surface area contributed by atoms with E-state index in [1.54, 1.807) is 5.56 Å². The van der Waals surface area contributed by atoms with Gasteiger partial charge in [-0.15, -0.1) is 0 Å². The van der Waals surface area contributed by atoms with E-state index in [-0.39, 0.29) is 0 Å². The molecule has 0 saturated carbocycles. The highest BCUT2D eigenvalue weighted by Gasteiger charge is 2.20. The smallest absolute Gasteiger partial charge is 0.0233 e. The van der Waals surface area contributed by atoms with E-state index in [9.17, 15) is 0 Å². The third-order valence-corrected chi connectivity index (χ3v) is 6.46. The minimum absolute atomic E-state index is 0.702. The molecular formula is C27H40N2. The third-order valence-electron chi connectivity index (χ3n) is 6.46. The highest BCUT2D eigenvalue weighted by molar-refractivity contribution is 5.26. The van der Waals surface area contributed by atoms with Gasteiger partial charge in [0.05, 0.1) is 0 Å². The summed E-state index contributed by atoms with van der Waals surface area (Å²) in [7, 11) is 2.23. The van der Waals surface area contributed by atoms with Gasteiger partial charge in [-0.2, -0.15) is 0 Å². The Morgan fingerprint density at radius 3 is 2.38 bits per heavy atom. The van der Waals surface area contributed by atoms with E-state index in [0.717, 1.165) is 25.4 Å². The lowest BCUT2D eigenvalue weighted by molar-refractivity contribution is 0.193. The SMILES string of the molecule is CCCN(C)CCc1ccc(C2CCC(C)CN(Cc3ccccc3)CC2)cc1. The van der Waals surface area contributed by atoms with Crippen LogP contribution in [-0.2, 0) is 13.0 Å². The Balaban J connectivity index is 1.57. The first kappa shape index (κ1) is 22.1. The Kier molecular flexibility index (Phi) is 8.76. The lowest BCUT2D eigenvalue weighted by Crippen LogP contribution is -2.32. The summed E-state index contributed by atoms with van der Waals surface area (Å²) in [6.07, 6.45) is 6.33. The maximum atomic E-state index is 2.67. The van der Waals surface area contributed by atoms with E-state index in [1.807, 2.05) is 0 Å². The van der Waals surface area contributed by atoms with E-state index in [1.165, 1.54) is 56.4 Å². The Morgan fingerprint density at radius 1 is 0.897 bits per heavy atom. The molecule has 158 valence electrons. The summed E-state index contributed by atoms with van der Waals surface area (Å²) >= 11 is 0. The van der Waals surface area contributed by atoms with Crippen LogP contribution in [0.3, 0.4) is 0 Å². The second-order valence-corrected chi connectivity index (χ2v) is 9.18. The van der Waals surface area contributed by atoms with E-state index in [0.29, 0.717) is 5.92 Å². The Hall–Kier alpha value is -1.64. The van der Waals surface area contributed by atoms with Crippen molar-refractivity contribution in [2.45, 2.75) is 58.4 Å². The van der Waals surface area contributed by atoms with Crippen LogP contribution >= 0.6 is 0 Å². The molecule has 29 heavy (non-hydrogen) atoms. The molecule has 0 radical (unpaired) electrons. The molecule has 2 aromatic rings. The number of nitrogens with zero attached hydrogens (tertiary/aromatic N) is 2. The van der Waals surface area contributed by atoms with Crippen LogP contribution in [0.5, 0.6) is 0 Å². The van der Waals surface area contributed by atoms with Gasteiger partial charge in [-0.3, -0.25) is 4.90 Å². The fraction of sp³-hybridized carbons (Fsp3) is 0.556. The van der Waals surface area contributed by atoms with Gasteiger partial charge in [0.15, 0.2) is 0 Å². The standard InChI is InChI=1S/C27H40N2/c1-4-18-28(3)19-16-24-11-14-26(15-12-24)27-13-10-23(2)21-29(20-17-27)22-25-8-6-5-7-9-25/h5-9,11-12,14-15,23,27H,4,10,13,16-22H2,1-3H3. The summed E-state index contributed by atoms with van der Waals surface area (Å²) in [5, 5.41) is 0. The molecule has 3 rings (SSSR count). The van der Waals surface area contributed by atoms with Crippen molar-refractivity contribution >= 4 is 0 Å². The normalized spacial score (nSPS) is 21.1. The van der Waals surface area contributed by atoms with Crippen LogP contribution in [0.4, 0.5) is 0 Å². The van der Waals surface area contributed by atoms with Crippen LogP contribution in [0.2, 0.25) is 0 Å². The van der Waals surface area contributed by atoms with Crippen molar-refractivity contribution in [3.05, 3.63) is 71.3 Å². The van der Waals surface area contributed by atoms with Gasteiger partial charge in [-0.25, -0.2) is 0 Å². The molecule has 0 aromatic heterocycles. The van der Waals surface area contributed by atoms with Gasteiger partial charge >= 0.3 is 0 Å². The van der Waals surface area contributed by atoms with Crippen molar-refractivity contribution in [1.29, 1.82) is 0 Å². The van der Waals surface area contributed by atoms with Crippen molar-refractivity contribution < 1.29 is 0 Å². The minimum atomic E-state index is 0.702. The molecule has 2 atom stereocenters. The number of likely N-dealkylation sites (tertiary alicyclic amines) is 1. The topological polar surface area (TPSA) is 6.48 Å². The van der Waals surface area contributed by atoms with Crippen LogP contribution in [0.25, 0.3) is 0 Å². The van der Waals surface area contributed by atoms with Gasteiger partial charge in [0.2, 0.25) is 0 Å². The number of benzene rings is 2. The first-order valence-corrected chi connectivity index (χ1v) is 11.7. The monoisotopic (exact) mass is 392 g/mol. The number of likely N-dealkylation sites (N-methyl/N-ethyl adjacent to an activating group) is 1. The summed E-state index contributed by atoms with van der Waals surface area (Å²) in [4.78, 5) is 5.11. The zero-order valence-electron chi connectivity index (χ0n) is 18.8. The molecular weight excluding hydrogens is 352 g/mol. The van der Waals surface area contributed by atoms with Crippen molar-refractivity contribution in [3.8, 4) is 0 Å². The average Bonchev–Trinajstić information content (AvgIpc) is 2.72. The minimum Gasteiger partial charge on any atom is -0.306 e. The molecule has 2 unspecified atom stereocenters. The molecule has 1 saturated heterocycles. The first-order chi connectivity index (χ1) is 14.1. The molecule has 2 aromatic carbocycles. The van der Waals surface area contributed by atoms with E-state index < -0.39 is 0 Å². The molecule has 0 spiro atoms. The van der Waals surface area contributed by atoms with Crippen molar-refractivity contribution in [3.63, 3.8) is 0 Å². The average molecular weight is 393 g/mol. The largest absolute Gasteiger partial charge is 0.306 e. The van der Waals surface area contributed by atoms with E-state index >= 15 is 0 Å². The molecule has 0 N–H and O–H groups in total. The van der Waals surface area contributed by atoms with Crippen LogP contribution in [-0.4, -0.2) is 43.0 Å². The fourth-order valence-corrected chi connectivity index (χ4v) is 4.68. The molecule has 1 fully saturated rings. The summed E-state index contributed by atoms with van der Waals surface area (Å²) in [6.45, 7) is 10.5. The van der Waals surface area contributed by atoms with Crippen LogP contribution < -0.4 is 0 Å². The Labute approximate surface area is 178 Å². The van der Waals surface area contributed by atoms with Gasteiger partial charge in [0, 0.05) is 19.6 Å². The summed E-state index contributed by atoms with van der Waals surface area (Å²) in [6, 6.07) is 20.5. The molecule has 1 aliphatic rings. The fourth-order valence-electron chi connectivity index (χ4n) is 4.68. The maximum Gasteiger partial charge on any atom is 0.0233 e.